The van der Waals surface area contributed by atoms with Crippen LogP contribution in [0.25, 0.3) is 0 Å². The summed E-state index contributed by atoms with van der Waals surface area (Å²) in [7, 11) is 4.06. The lowest BCUT2D eigenvalue weighted by atomic mass is 9.98. The second-order valence-corrected chi connectivity index (χ2v) is 11.3. The number of ketones is 1. The number of morpholine rings is 1. The minimum absolute atomic E-state index is 0.000379. The van der Waals surface area contributed by atoms with Gasteiger partial charge in [-0.3, -0.25) is 14.5 Å². The van der Waals surface area contributed by atoms with Crippen LogP contribution < -0.4 is 9.64 Å². The predicted molar refractivity (Wildman–Crippen MR) is 158 cm³/mol. The molecule has 42 heavy (non-hydrogen) atoms. The Hall–Kier alpha value is -3.75. The Morgan fingerprint density at radius 3 is 2.71 bits per heavy atom. The number of allylic oxidation sites excluding steroid dienone is 2. The molecule has 11 nitrogen and oxygen atoms in total. The number of fused-ring (bicyclic) bond motifs is 1. The number of likely N-dealkylation sites (tertiary alicyclic amines) is 1. The molecule has 3 saturated heterocycles. The van der Waals surface area contributed by atoms with Crippen LogP contribution in [0.2, 0.25) is 0 Å². The van der Waals surface area contributed by atoms with Gasteiger partial charge in [-0.05, 0) is 52.1 Å². The van der Waals surface area contributed by atoms with Crippen LogP contribution in [0.3, 0.4) is 0 Å². The Bertz CT molecular complexity index is 1300. The summed E-state index contributed by atoms with van der Waals surface area (Å²) in [5.74, 6) is 0.928. The molecule has 1 aromatic heterocycles. The van der Waals surface area contributed by atoms with Gasteiger partial charge in [-0.15, -0.1) is 0 Å². The van der Waals surface area contributed by atoms with Crippen molar-refractivity contribution < 1.29 is 19.1 Å². The Morgan fingerprint density at radius 2 is 2.00 bits per heavy atom. The number of carbonyl (C=O) groups excluding carboxylic acids is 2. The number of anilines is 1. The summed E-state index contributed by atoms with van der Waals surface area (Å²) in [6, 6.07) is 2.28. The Morgan fingerprint density at radius 1 is 1.17 bits per heavy atom. The number of carbonyl (C=O) groups is 2. The molecule has 0 spiro atoms. The number of aromatic nitrogens is 2. The van der Waals surface area contributed by atoms with Crippen molar-refractivity contribution in [1.29, 1.82) is 5.26 Å². The largest absolute Gasteiger partial charge is 0.483 e. The molecule has 11 heteroatoms. The van der Waals surface area contributed by atoms with E-state index in [1.165, 1.54) is 6.08 Å². The molecule has 0 aromatic carbocycles. The number of hydrogen-bond acceptors (Lipinski definition) is 10. The van der Waals surface area contributed by atoms with Gasteiger partial charge in [0.2, 0.25) is 11.7 Å². The lowest BCUT2D eigenvalue weighted by Crippen LogP contribution is -2.55. The van der Waals surface area contributed by atoms with Gasteiger partial charge < -0.3 is 24.2 Å². The number of nitriles is 1. The lowest BCUT2D eigenvalue weighted by Gasteiger charge is -2.41. The third-order valence-electron chi connectivity index (χ3n) is 8.65. The van der Waals surface area contributed by atoms with Crippen molar-refractivity contribution in [1.82, 2.24) is 24.7 Å². The van der Waals surface area contributed by atoms with Gasteiger partial charge in [0.05, 0.1) is 24.6 Å². The van der Waals surface area contributed by atoms with E-state index in [4.69, 9.17) is 19.4 Å². The van der Waals surface area contributed by atoms with Crippen LogP contribution in [0.4, 0.5) is 5.82 Å². The van der Waals surface area contributed by atoms with Gasteiger partial charge in [-0.25, -0.2) is 0 Å². The Kier molecular flexibility index (Phi) is 9.24. The van der Waals surface area contributed by atoms with Crippen molar-refractivity contribution >= 4 is 17.5 Å². The number of nitrogens with zero attached hydrogens (tertiary/aromatic N) is 7. The van der Waals surface area contributed by atoms with Crippen LogP contribution in [0, 0.1) is 17.8 Å². The SMILES string of the molecule is C=CC(=O)N1CCN(c2nc(OCC3CCCN3C)nc(C(=O)[C@H]3CN(C)C4[CH]C=CC=C4O3)c2CC)CC1CC#N. The summed E-state index contributed by atoms with van der Waals surface area (Å²) in [6.45, 7) is 8.75. The third-order valence-corrected chi connectivity index (χ3v) is 8.65. The van der Waals surface area contributed by atoms with Crippen molar-refractivity contribution in [3.8, 4) is 12.1 Å². The second-order valence-electron chi connectivity index (χ2n) is 11.3. The number of ether oxygens (including phenoxy) is 2. The van der Waals surface area contributed by atoms with Crippen LogP contribution in [-0.2, 0) is 16.0 Å². The van der Waals surface area contributed by atoms with E-state index >= 15 is 0 Å². The van der Waals surface area contributed by atoms with Crippen LogP contribution in [-0.4, -0.2) is 114 Å². The molecule has 1 aliphatic carbocycles. The number of hydrogen-bond donors (Lipinski definition) is 0. The number of rotatable bonds is 9. The minimum Gasteiger partial charge on any atom is -0.483 e. The fourth-order valence-electron chi connectivity index (χ4n) is 6.26. The molecular weight excluding hydrogens is 534 g/mol. The summed E-state index contributed by atoms with van der Waals surface area (Å²) in [4.78, 5) is 44.3. The first-order valence-electron chi connectivity index (χ1n) is 14.8. The maximum absolute atomic E-state index is 14.2. The number of piperazine rings is 1. The molecular formula is C31H40N7O4. The summed E-state index contributed by atoms with van der Waals surface area (Å²) >= 11 is 0. The molecule has 4 atom stereocenters. The van der Waals surface area contributed by atoms with Crippen molar-refractivity contribution in [2.24, 2.45) is 0 Å². The van der Waals surface area contributed by atoms with Gasteiger partial charge in [0, 0.05) is 44.2 Å². The van der Waals surface area contributed by atoms with E-state index in [1.807, 2.05) is 37.1 Å². The highest BCUT2D eigenvalue weighted by Crippen LogP contribution is 2.31. The van der Waals surface area contributed by atoms with E-state index in [9.17, 15) is 14.9 Å². The molecule has 1 amide bonds. The van der Waals surface area contributed by atoms with E-state index in [0.29, 0.717) is 56.3 Å². The van der Waals surface area contributed by atoms with Gasteiger partial charge in [-0.1, -0.05) is 25.7 Å². The van der Waals surface area contributed by atoms with E-state index < -0.39 is 6.10 Å². The highest BCUT2D eigenvalue weighted by Gasteiger charge is 2.39. The molecule has 3 fully saturated rings. The van der Waals surface area contributed by atoms with Gasteiger partial charge in [0.1, 0.15) is 23.9 Å². The third kappa shape index (κ3) is 6.05. The van der Waals surface area contributed by atoms with Crippen molar-refractivity contribution in [2.45, 2.75) is 56.8 Å². The first-order valence-corrected chi connectivity index (χ1v) is 14.8. The zero-order chi connectivity index (χ0) is 29.8. The van der Waals surface area contributed by atoms with Crippen LogP contribution in [0.1, 0.15) is 42.2 Å². The van der Waals surface area contributed by atoms with E-state index in [2.05, 4.69) is 35.9 Å². The fraction of sp³-hybridized carbons (Fsp3) is 0.548. The first kappa shape index (κ1) is 29.7. The molecule has 5 rings (SSSR count). The lowest BCUT2D eigenvalue weighted by molar-refractivity contribution is -0.128. The molecule has 4 heterocycles. The molecule has 0 bridgehead atoms. The Balaban J connectivity index is 1.49. The molecule has 3 aliphatic heterocycles. The van der Waals surface area contributed by atoms with Crippen molar-refractivity contribution in [3.63, 3.8) is 0 Å². The summed E-state index contributed by atoms with van der Waals surface area (Å²) in [5, 5.41) is 9.50. The molecule has 1 aromatic rings. The van der Waals surface area contributed by atoms with Crippen molar-refractivity contribution in [3.05, 3.63) is 54.3 Å². The molecule has 0 saturated carbocycles. The molecule has 3 unspecified atom stereocenters. The van der Waals surface area contributed by atoms with Crippen LogP contribution in [0.5, 0.6) is 6.01 Å². The topological polar surface area (TPSA) is 115 Å². The van der Waals surface area contributed by atoms with Crippen molar-refractivity contribution in [2.75, 3.05) is 58.3 Å². The van der Waals surface area contributed by atoms with E-state index in [0.717, 1.165) is 25.1 Å². The average molecular weight is 575 g/mol. The minimum atomic E-state index is -0.729. The van der Waals surface area contributed by atoms with Gasteiger partial charge in [0.25, 0.3) is 0 Å². The second kappa shape index (κ2) is 13.0. The predicted octanol–water partition coefficient (Wildman–Crippen LogP) is 2.17. The zero-order valence-corrected chi connectivity index (χ0v) is 24.7. The quantitative estimate of drug-likeness (QED) is 0.321. The maximum Gasteiger partial charge on any atom is 0.319 e. The summed E-state index contributed by atoms with van der Waals surface area (Å²) in [5.41, 5.74) is 1.01. The van der Waals surface area contributed by atoms with E-state index in [-0.39, 0.29) is 42.2 Å². The highest BCUT2D eigenvalue weighted by atomic mass is 16.5. The van der Waals surface area contributed by atoms with Gasteiger partial charge in [0.15, 0.2) is 6.10 Å². The van der Waals surface area contributed by atoms with E-state index in [1.54, 1.807) is 4.90 Å². The van der Waals surface area contributed by atoms with Crippen LogP contribution in [0.15, 0.2) is 36.6 Å². The molecule has 4 aliphatic rings. The molecule has 0 N–H and O–H groups in total. The average Bonchev–Trinajstić information content (AvgIpc) is 3.43. The number of Topliss-reactive ketones (excluding diaryl/α,β-unsaturated/α-hetero) is 1. The summed E-state index contributed by atoms with van der Waals surface area (Å²) in [6.07, 6.45) is 11.2. The highest BCUT2D eigenvalue weighted by molar-refractivity contribution is 6.00. The monoisotopic (exact) mass is 574 g/mol. The Labute approximate surface area is 248 Å². The number of likely N-dealkylation sites (N-methyl/N-ethyl adjacent to an activating group) is 2. The maximum atomic E-state index is 14.2. The first-order chi connectivity index (χ1) is 20.3. The standard InChI is InChI=1S/C31H40N7O4/c1-5-23-28(29(40)26-19-36(4)24-11-7-8-12-25(24)42-26)33-31(41-20-22-10-9-15-35(22)3)34-30(23)37-16-17-38(27(39)6-2)21(18-37)13-14-32/h6-8,11-12,21-22,24,26H,2,5,9-10,13,15-20H2,1,3-4H3/t21?,22?,24?,26-/m1/s1. The number of amides is 1. The summed E-state index contributed by atoms with van der Waals surface area (Å²) < 4.78 is 12.4. The smallest absolute Gasteiger partial charge is 0.319 e. The van der Waals surface area contributed by atoms with Gasteiger partial charge >= 0.3 is 6.01 Å². The zero-order valence-electron chi connectivity index (χ0n) is 24.7. The fourth-order valence-corrected chi connectivity index (χ4v) is 6.26. The normalized spacial score (nSPS) is 26.2. The molecule has 223 valence electrons. The molecule has 1 radical (unpaired) electrons. The van der Waals surface area contributed by atoms with Gasteiger partial charge in [-0.2, -0.15) is 15.2 Å². The van der Waals surface area contributed by atoms with Crippen LogP contribution >= 0.6 is 0 Å².